The molecule has 0 aliphatic heterocycles. The molecule has 0 nitrogen and oxygen atoms in total. The number of halogens is 3. The summed E-state index contributed by atoms with van der Waals surface area (Å²) in [5.41, 5.74) is 2.71. The van der Waals surface area contributed by atoms with Crippen LogP contribution in [0.15, 0.2) is 6.07 Å². The van der Waals surface area contributed by atoms with Gasteiger partial charge in [0.15, 0.2) is 0 Å². The van der Waals surface area contributed by atoms with Crippen LogP contribution >= 0.6 is 23.2 Å². The first-order chi connectivity index (χ1) is 8.24. The van der Waals surface area contributed by atoms with E-state index in [1.54, 1.807) is 0 Å². The molecule has 0 bridgehead atoms. The summed E-state index contributed by atoms with van der Waals surface area (Å²) < 4.78 is 2.62. The quantitative estimate of drug-likeness (QED) is 0.313. The molecule has 0 heterocycles. The predicted octanol–water partition coefficient (Wildman–Crippen LogP) is 1.15. The molecule has 0 spiro atoms. The van der Waals surface area contributed by atoms with Crippen molar-refractivity contribution in [2.24, 2.45) is 0 Å². The van der Waals surface area contributed by atoms with Crippen molar-refractivity contribution in [1.82, 2.24) is 0 Å². The molecular formula is C14H14Cl2I-. The van der Waals surface area contributed by atoms with Crippen molar-refractivity contribution in [3.8, 4) is 11.8 Å². The molecule has 92 valence electrons. The molecule has 0 aromatic heterocycles. The minimum absolute atomic E-state index is 0.0184. The Morgan fingerprint density at radius 3 is 2.41 bits per heavy atom. The molecule has 0 fully saturated rings. The molecule has 1 aliphatic rings. The van der Waals surface area contributed by atoms with Crippen LogP contribution in [0.4, 0.5) is 0 Å². The standard InChI is InChI=1S/C14H14Cl2I/c1-2-17-14-11-8-6-4-3-5-7-10(11)12(15)9-13(14)16/h9H,2,5-8H2,1H3/q-1. The molecular weight excluding hydrogens is 366 g/mol. The van der Waals surface area contributed by atoms with Crippen LogP contribution in [-0.2, 0) is 12.8 Å². The molecule has 1 aliphatic carbocycles. The fourth-order valence-corrected chi connectivity index (χ4v) is 5.32. The van der Waals surface area contributed by atoms with Gasteiger partial charge in [0.1, 0.15) is 0 Å². The fraction of sp³-hybridized carbons (Fsp3) is 0.429. The zero-order valence-corrected chi connectivity index (χ0v) is 13.4. The van der Waals surface area contributed by atoms with Gasteiger partial charge in [-0.05, 0) is 0 Å². The van der Waals surface area contributed by atoms with Crippen molar-refractivity contribution in [3.63, 3.8) is 0 Å². The molecule has 0 unspecified atom stereocenters. The van der Waals surface area contributed by atoms with Crippen molar-refractivity contribution in [2.45, 2.75) is 32.6 Å². The van der Waals surface area contributed by atoms with Gasteiger partial charge in [-0.25, -0.2) is 0 Å². The van der Waals surface area contributed by atoms with Gasteiger partial charge in [-0.2, -0.15) is 0 Å². The second kappa shape index (κ2) is 6.31. The van der Waals surface area contributed by atoms with E-state index in [1.807, 2.05) is 6.07 Å². The molecule has 0 radical (unpaired) electrons. The van der Waals surface area contributed by atoms with Crippen LogP contribution in [0.5, 0.6) is 0 Å². The van der Waals surface area contributed by atoms with Crippen LogP contribution < -0.4 is 21.2 Å². The summed E-state index contributed by atoms with van der Waals surface area (Å²) in [5, 5.41) is 1.70. The predicted molar refractivity (Wildman–Crippen MR) is 70.1 cm³/mol. The summed E-state index contributed by atoms with van der Waals surface area (Å²) >= 11 is 12.7. The molecule has 0 saturated carbocycles. The van der Waals surface area contributed by atoms with E-state index in [4.69, 9.17) is 23.2 Å². The van der Waals surface area contributed by atoms with Gasteiger partial charge < -0.3 is 0 Å². The number of alkyl halides is 1. The van der Waals surface area contributed by atoms with Crippen LogP contribution in [-0.4, -0.2) is 4.43 Å². The van der Waals surface area contributed by atoms with E-state index in [-0.39, 0.29) is 21.2 Å². The van der Waals surface area contributed by atoms with Crippen LogP contribution in [0.3, 0.4) is 0 Å². The first-order valence-electron chi connectivity index (χ1n) is 5.78. The van der Waals surface area contributed by atoms with Gasteiger partial charge in [0.25, 0.3) is 0 Å². The Labute approximate surface area is 123 Å². The van der Waals surface area contributed by atoms with Crippen LogP contribution in [0.1, 0.15) is 30.9 Å². The molecule has 2 rings (SSSR count). The third-order valence-electron chi connectivity index (χ3n) is 2.77. The van der Waals surface area contributed by atoms with E-state index >= 15 is 0 Å². The van der Waals surface area contributed by atoms with E-state index in [2.05, 4.69) is 18.8 Å². The van der Waals surface area contributed by atoms with Crippen molar-refractivity contribution in [2.75, 3.05) is 4.43 Å². The third-order valence-corrected chi connectivity index (χ3v) is 6.48. The summed E-state index contributed by atoms with van der Waals surface area (Å²) in [4.78, 5) is 0. The normalized spacial score (nSPS) is 14.5. The van der Waals surface area contributed by atoms with E-state index in [0.717, 1.165) is 35.7 Å². The summed E-state index contributed by atoms with van der Waals surface area (Å²) in [6, 6.07) is 1.93. The Balaban J connectivity index is 2.52. The average Bonchev–Trinajstić information content (AvgIpc) is 2.24. The monoisotopic (exact) mass is 379 g/mol. The second-order valence-corrected chi connectivity index (χ2v) is 8.05. The van der Waals surface area contributed by atoms with Gasteiger partial charge in [-0.1, -0.05) is 0 Å². The Bertz CT molecular complexity index is 483. The van der Waals surface area contributed by atoms with Gasteiger partial charge in [0, 0.05) is 0 Å². The van der Waals surface area contributed by atoms with E-state index in [1.165, 1.54) is 19.1 Å². The van der Waals surface area contributed by atoms with Crippen LogP contribution in [0, 0.1) is 15.4 Å². The zero-order valence-electron chi connectivity index (χ0n) is 9.75. The fourth-order valence-electron chi connectivity index (χ4n) is 2.04. The number of fused-ring (bicyclic) bond motifs is 1. The van der Waals surface area contributed by atoms with E-state index < -0.39 is 0 Å². The Kier molecular flexibility index (Phi) is 5.02. The molecule has 3 heteroatoms. The Morgan fingerprint density at radius 2 is 1.76 bits per heavy atom. The Hall–Kier alpha value is 0.0900. The number of benzene rings is 1. The van der Waals surface area contributed by atoms with Crippen LogP contribution in [0.25, 0.3) is 0 Å². The molecule has 1 aromatic carbocycles. The van der Waals surface area contributed by atoms with Crippen molar-refractivity contribution >= 4 is 23.2 Å². The van der Waals surface area contributed by atoms with Crippen molar-refractivity contribution < 1.29 is 21.2 Å². The average molecular weight is 380 g/mol. The Morgan fingerprint density at radius 1 is 1.12 bits per heavy atom. The van der Waals surface area contributed by atoms with Crippen LogP contribution in [0.2, 0.25) is 10.0 Å². The summed E-state index contributed by atoms with van der Waals surface area (Å²) in [7, 11) is 0. The van der Waals surface area contributed by atoms with Gasteiger partial charge in [-0.3, -0.25) is 0 Å². The molecule has 0 saturated heterocycles. The molecule has 1 aromatic rings. The summed E-state index contributed by atoms with van der Waals surface area (Å²) in [6.45, 7) is 2.23. The number of hydrogen-bond donors (Lipinski definition) is 0. The zero-order chi connectivity index (χ0) is 12.3. The van der Waals surface area contributed by atoms with Gasteiger partial charge in [0.2, 0.25) is 0 Å². The summed E-state index contributed by atoms with van der Waals surface area (Å²) in [5.74, 6) is 6.40. The second-order valence-electron chi connectivity index (χ2n) is 3.87. The maximum atomic E-state index is 6.35. The molecule has 0 atom stereocenters. The SMILES string of the molecule is CC[I-]c1c(Cl)cc(Cl)c2c1CCC#CCC2. The maximum absolute atomic E-state index is 6.35. The molecule has 0 N–H and O–H groups in total. The van der Waals surface area contributed by atoms with Crippen molar-refractivity contribution in [1.29, 1.82) is 0 Å². The van der Waals surface area contributed by atoms with Gasteiger partial charge >= 0.3 is 124 Å². The topological polar surface area (TPSA) is 0 Å². The van der Waals surface area contributed by atoms with Gasteiger partial charge in [0.05, 0.1) is 0 Å². The van der Waals surface area contributed by atoms with E-state index in [0.29, 0.717) is 0 Å². The van der Waals surface area contributed by atoms with Gasteiger partial charge in [-0.15, -0.1) is 0 Å². The first kappa shape index (κ1) is 13.5. The molecule has 0 amide bonds. The minimum atomic E-state index is 0.0184. The summed E-state index contributed by atoms with van der Waals surface area (Å²) in [6.07, 6.45) is 3.83. The number of hydrogen-bond acceptors (Lipinski definition) is 0. The number of rotatable bonds is 2. The van der Waals surface area contributed by atoms with E-state index in [9.17, 15) is 0 Å². The van der Waals surface area contributed by atoms with Crippen molar-refractivity contribution in [3.05, 3.63) is 30.8 Å². The first-order valence-corrected chi connectivity index (χ1v) is 9.14. The third kappa shape index (κ3) is 3.10. The molecule has 17 heavy (non-hydrogen) atoms.